The van der Waals surface area contributed by atoms with Gasteiger partial charge in [0.1, 0.15) is 0 Å². The van der Waals surface area contributed by atoms with E-state index in [9.17, 15) is 0 Å². The van der Waals surface area contributed by atoms with Crippen LogP contribution in [0.4, 0.5) is 5.00 Å². The van der Waals surface area contributed by atoms with Crippen molar-refractivity contribution in [2.24, 2.45) is 0 Å². The van der Waals surface area contributed by atoms with E-state index in [2.05, 4.69) is 45.0 Å². The van der Waals surface area contributed by atoms with Crippen LogP contribution in [-0.4, -0.2) is 0 Å². The Morgan fingerprint density at radius 1 is 1.00 bits per heavy atom. The molecule has 1 aliphatic rings. The van der Waals surface area contributed by atoms with Crippen molar-refractivity contribution in [3.05, 3.63) is 40.3 Å². The van der Waals surface area contributed by atoms with Crippen LogP contribution in [0.1, 0.15) is 49.6 Å². The molecule has 20 heavy (non-hydrogen) atoms. The summed E-state index contributed by atoms with van der Waals surface area (Å²) in [6.45, 7) is 6.76. The zero-order chi connectivity index (χ0) is 14.3. The number of hydrogen-bond donors (Lipinski definition) is 1. The maximum absolute atomic E-state index is 6.30. The fourth-order valence-electron chi connectivity index (χ4n) is 3.04. The summed E-state index contributed by atoms with van der Waals surface area (Å²) in [6.07, 6.45) is 5.02. The molecule has 1 aromatic carbocycles. The molecule has 3 rings (SSSR count). The van der Waals surface area contributed by atoms with Gasteiger partial charge in [-0.3, -0.25) is 0 Å². The largest absolute Gasteiger partial charge is 0.390 e. The topological polar surface area (TPSA) is 26.0 Å². The minimum Gasteiger partial charge on any atom is -0.390 e. The lowest BCUT2D eigenvalue weighted by Gasteiger charge is -2.19. The van der Waals surface area contributed by atoms with Crippen molar-refractivity contribution in [1.82, 2.24) is 0 Å². The number of nitrogens with two attached hydrogens (primary N) is 1. The SMILES string of the molecule is CC(C)(C)c1ccc(-c2c(N)sc3c2CCCC3)cc1. The van der Waals surface area contributed by atoms with Crippen LogP contribution in [-0.2, 0) is 18.3 Å². The molecule has 1 heterocycles. The number of benzene rings is 1. The van der Waals surface area contributed by atoms with Crippen molar-refractivity contribution in [2.45, 2.75) is 51.9 Å². The third kappa shape index (κ3) is 2.37. The van der Waals surface area contributed by atoms with Gasteiger partial charge in [-0.05, 0) is 47.8 Å². The highest BCUT2D eigenvalue weighted by atomic mass is 32.1. The van der Waals surface area contributed by atoms with E-state index >= 15 is 0 Å². The minimum absolute atomic E-state index is 0.206. The molecule has 1 aliphatic carbocycles. The van der Waals surface area contributed by atoms with Crippen LogP contribution in [0.3, 0.4) is 0 Å². The van der Waals surface area contributed by atoms with Crippen molar-refractivity contribution in [1.29, 1.82) is 0 Å². The van der Waals surface area contributed by atoms with E-state index in [0.717, 1.165) is 5.00 Å². The molecular formula is C18H23NS. The molecule has 0 spiro atoms. The Balaban J connectivity index is 2.03. The number of rotatable bonds is 1. The molecule has 2 heteroatoms. The van der Waals surface area contributed by atoms with Crippen molar-refractivity contribution in [3.8, 4) is 11.1 Å². The predicted molar refractivity (Wildman–Crippen MR) is 89.5 cm³/mol. The van der Waals surface area contributed by atoms with E-state index in [4.69, 9.17) is 5.73 Å². The predicted octanol–water partition coefficient (Wildman–Crippen LogP) is 5.17. The molecule has 2 aromatic rings. The molecule has 1 aromatic heterocycles. The van der Waals surface area contributed by atoms with E-state index in [0.29, 0.717) is 0 Å². The third-order valence-electron chi connectivity index (χ3n) is 4.24. The molecule has 0 aliphatic heterocycles. The first-order chi connectivity index (χ1) is 9.47. The van der Waals surface area contributed by atoms with Crippen LogP contribution in [0.25, 0.3) is 11.1 Å². The van der Waals surface area contributed by atoms with Crippen molar-refractivity contribution >= 4 is 16.3 Å². The molecule has 0 amide bonds. The highest BCUT2D eigenvalue weighted by Crippen LogP contribution is 2.42. The van der Waals surface area contributed by atoms with Crippen LogP contribution in [0, 0.1) is 0 Å². The highest BCUT2D eigenvalue weighted by molar-refractivity contribution is 7.16. The molecule has 0 unspecified atom stereocenters. The zero-order valence-electron chi connectivity index (χ0n) is 12.6. The first-order valence-electron chi connectivity index (χ1n) is 7.48. The number of fused-ring (bicyclic) bond motifs is 1. The van der Waals surface area contributed by atoms with E-state index in [1.165, 1.54) is 52.8 Å². The number of nitrogen functional groups attached to an aromatic ring is 1. The average molecular weight is 285 g/mol. The van der Waals surface area contributed by atoms with E-state index in [1.807, 2.05) is 0 Å². The lowest BCUT2D eigenvalue weighted by Crippen LogP contribution is -2.10. The number of hydrogen-bond acceptors (Lipinski definition) is 2. The van der Waals surface area contributed by atoms with Gasteiger partial charge < -0.3 is 5.73 Å². The smallest absolute Gasteiger partial charge is 0.0941 e. The quantitative estimate of drug-likeness (QED) is 0.768. The summed E-state index contributed by atoms with van der Waals surface area (Å²) < 4.78 is 0. The van der Waals surface area contributed by atoms with Crippen LogP contribution < -0.4 is 5.73 Å². The van der Waals surface area contributed by atoms with Gasteiger partial charge in [0.05, 0.1) is 5.00 Å². The summed E-state index contributed by atoms with van der Waals surface area (Å²) in [4.78, 5) is 1.52. The Bertz CT molecular complexity index is 614. The molecule has 2 N–H and O–H groups in total. The van der Waals surface area contributed by atoms with Gasteiger partial charge in [0, 0.05) is 10.4 Å². The fraction of sp³-hybridized carbons (Fsp3) is 0.444. The second kappa shape index (κ2) is 4.92. The Morgan fingerprint density at radius 3 is 2.30 bits per heavy atom. The maximum atomic E-state index is 6.30. The number of thiophene rings is 1. The molecular weight excluding hydrogens is 262 g/mol. The summed E-state index contributed by atoms with van der Waals surface area (Å²) in [5, 5.41) is 1.00. The van der Waals surface area contributed by atoms with Gasteiger partial charge >= 0.3 is 0 Å². The lowest BCUT2D eigenvalue weighted by atomic mass is 9.85. The van der Waals surface area contributed by atoms with Crippen molar-refractivity contribution < 1.29 is 0 Å². The third-order valence-corrected chi connectivity index (χ3v) is 5.36. The van der Waals surface area contributed by atoms with Crippen LogP contribution >= 0.6 is 11.3 Å². The summed E-state index contributed by atoms with van der Waals surface area (Å²) in [7, 11) is 0. The molecule has 1 nitrogen and oxygen atoms in total. The molecule has 0 bridgehead atoms. The Kier molecular flexibility index (Phi) is 3.37. The van der Waals surface area contributed by atoms with Gasteiger partial charge in [0.2, 0.25) is 0 Å². The maximum Gasteiger partial charge on any atom is 0.0941 e. The number of aryl methyl sites for hydroxylation is 1. The van der Waals surface area contributed by atoms with Crippen LogP contribution in [0.2, 0.25) is 0 Å². The molecule has 0 fully saturated rings. The lowest BCUT2D eigenvalue weighted by molar-refractivity contribution is 0.590. The van der Waals surface area contributed by atoms with E-state index in [-0.39, 0.29) is 5.41 Å². The Labute approximate surface area is 125 Å². The van der Waals surface area contributed by atoms with Crippen molar-refractivity contribution in [3.63, 3.8) is 0 Å². The highest BCUT2D eigenvalue weighted by Gasteiger charge is 2.21. The molecule has 106 valence electrons. The minimum atomic E-state index is 0.206. The summed E-state index contributed by atoms with van der Waals surface area (Å²) >= 11 is 1.80. The average Bonchev–Trinajstić information content (AvgIpc) is 2.73. The summed E-state index contributed by atoms with van der Waals surface area (Å²) in [6, 6.07) is 8.99. The van der Waals surface area contributed by atoms with Gasteiger partial charge in [-0.15, -0.1) is 11.3 Å². The van der Waals surface area contributed by atoms with E-state index < -0.39 is 0 Å². The first kappa shape index (κ1) is 13.7. The molecule has 0 saturated heterocycles. The second-order valence-electron chi connectivity index (χ2n) is 6.78. The molecule has 0 saturated carbocycles. The summed E-state index contributed by atoms with van der Waals surface area (Å²) in [5.74, 6) is 0. The normalized spacial score (nSPS) is 15.2. The molecule has 0 radical (unpaired) electrons. The Hall–Kier alpha value is -1.28. The van der Waals surface area contributed by atoms with Gasteiger partial charge in [-0.2, -0.15) is 0 Å². The monoisotopic (exact) mass is 285 g/mol. The van der Waals surface area contributed by atoms with Crippen molar-refractivity contribution in [2.75, 3.05) is 5.73 Å². The van der Waals surface area contributed by atoms with Crippen LogP contribution in [0.5, 0.6) is 0 Å². The van der Waals surface area contributed by atoms with Gasteiger partial charge in [0.25, 0.3) is 0 Å². The van der Waals surface area contributed by atoms with E-state index in [1.54, 1.807) is 11.3 Å². The standard InChI is InChI=1S/C18H23NS/c1-18(2,3)13-10-8-12(9-11-13)16-14-6-4-5-7-15(14)20-17(16)19/h8-11H,4-7,19H2,1-3H3. The number of anilines is 1. The van der Waals surface area contributed by atoms with Gasteiger partial charge in [-0.25, -0.2) is 0 Å². The van der Waals surface area contributed by atoms with Gasteiger partial charge in [-0.1, -0.05) is 45.0 Å². The first-order valence-corrected chi connectivity index (χ1v) is 8.29. The van der Waals surface area contributed by atoms with Gasteiger partial charge in [0.15, 0.2) is 0 Å². The second-order valence-corrected chi connectivity index (χ2v) is 7.91. The zero-order valence-corrected chi connectivity index (χ0v) is 13.4. The molecule has 0 atom stereocenters. The summed E-state index contributed by atoms with van der Waals surface area (Å²) in [5.41, 5.74) is 12.0. The Morgan fingerprint density at radius 2 is 1.65 bits per heavy atom. The fourth-order valence-corrected chi connectivity index (χ4v) is 4.22. The van der Waals surface area contributed by atoms with Crippen LogP contribution in [0.15, 0.2) is 24.3 Å².